The Balaban J connectivity index is 1.62. The standard InChI is InChI=1S/C14H19F3N4O4/c1-19-6-8(4-10(19)11(22)25-12(23)14(15,16)17)21-7-9-5-18-2-3-20(9)13(21)24/h8-10,18H,2-7H2,1H3/t8?,9-,10?/m0/s1. The number of carbonyl (C=O) groups is 3. The molecule has 8 nitrogen and oxygen atoms in total. The third-order valence-electron chi connectivity index (χ3n) is 4.91. The molecule has 3 aliphatic rings. The van der Waals surface area contributed by atoms with Crippen molar-refractivity contribution in [2.75, 3.05) is 39.8 Å². The van der Waals surface area contributed by atoms with Crippen molar-refractivity contribution < 1.29 is 32.3 Å². The summed E-state index contributed by atoms with van der Waals surface area (Å²) in [6.07, 6.45) is -5.08. The van der Waals surface area contributed by atoms with E-state index in [0.717, 1.165) is 6.54 Å². The van der Waals surface area contributed by atoms with Crippen LogP contribution in [0.15, 0.2) is 0 Å². The molecule has 3 saturated heterocycles. The average molecular weight is 364 g/mol. The van der Waals surface area contributed by atoms with Gasteiger partial charge in [-0.15, -0.1) is 0 Å². The first kappa shape index (κ1) is 17.9. The Kier molecular flexibility index (Phi) is 4.62. The van der Waals surface area contributed by atoms with Crippen molar-refractivity contribution in [3.05, 3.63) is 0 Å². The maximum atomic E-state index is 12.5. The van der Waals surface area contributed by atoms with Gasteiger partial charge in [-0.1, -0.05) is 0 Å². The van der Waals surface area contributed by atoms with Crippen LogP contribution in [0.3, 0.4) is 0 Å². The largest absolute Gasteiger partial charge is 0.491 e. The normalized spacial score (nSPS) is 30.6. The molecule has 0 aromatic carbocycles. The van der Waals surface area contributed by atoms with Gasteiger partial charge in [-0.05, 0) is 13.5 Å². The van der Waals surface area contributed by atoms with Gasteiger partial charge in [0.15, 0.2) is 0 Å². The van der Waals surface area contributed by atoms with Gasteiger partial charge in [0.1, 0.15) is 6.04 Å². The number of hydrogen-bond donors (Lipinski definition) is 1. The third kappa shape index (κ3) is 3.43. The topological polar surface area (TPSA) is 82.2 Å². The number of ether oxygens (including phenoxy) is 1. The minimum Gasteiger partial charge on any atom is -0.385 e. The van der Waals surface area contributed by atoms with Crippen LogP contribution >= 0.6 is 0 Å². The quantitative estimate of drug-likeness (QED) is 0.521. The summed E-state index contributed by atoms with van der Waals surface area (Å²) in [7, 11) is 1.55. The number of piperazine rings is 1. The molecule has 0 spiro atoms. The van der Waals surface area contributed by atoms with E-state index in [0.29, 0.717) is 26.2 Å². The first-order chi connectivity index (χ1) is 11.7. The molecule has 3 heterocycles. The minimum absolute atomic E-state index is 0.0596. The van der Waals surface area contributed by atoms with Gasteiger partial charge < -0.3 is 19.9 Å². The van der Waals surface area contributed by atoms with Crippen molar-refractivity contribution in [3.8, 4) is 0 Å². The lowest BCUT2D eigenvalue weighted by Crippen LogP contribution is -2.50. The summed E-state index contributed by atoms with van der Waals surface area (Å²) in [5.74, 6) is -3.76. The van der Waals surface area contributed by atoms with Gasteiger partial charge >= 0.3 is 24.1 Å². The Morgan fingerprint density at radius 1 is 1.20 bits per heavy atom. The summed E-state index contributed by atoms with van der Waals surface area (Å²) in [5, 5.41) is 3.21. The number of carbonyl (C=O) groups excluding carboxylic acids is 3. The number of fused-ring (bicyclic) bond motifs is 1. The maximum Gasteiger partial charge on any atom is 0.491 e. The van der Waals surface area contributed by atoms with E-state index in [1.54, 1.807) is 16.8 Å². The van der Waals surface area contributed by atoms with Crippen molar-refractivity contribution in [1.82, 2.24) is 20.0 Å². The lowest BCUT2D eigenvalue weighted by molar-refractivity contribution is -0.203. The van der Waals surface area contributed by atoms with Gasteiger partial charge in [0.05, 0.1) is 6.04 Å². The van der Waals surface area contributed by atoms with Crippen molar-refractivity contribution in [3.63, 3.8) is 0 Å². The van der Waals surface area contributed by atoms with Crippen LogP contribution in [0.2, 0.25) is 0 Å². The van der Waals surface area contributed by atoms with Gasteiger partial charge in [0, 0.05) is 38.8 Å². The van der Waals surface area contributed by atoms with Gasteiger partial charge in [-0.2, -0.15) is 13.2 Å². The Morgan fingerprint density at radius 2 is 1.92 bits per heavy atom. The summed E-state index contributed by atoms with van der Waals surface area (Å²) in [5.41, 5.74) is 0. The zero-order valence-electron chi connectivity index (χ0n) is 13.6. The fraction of sp³-hybridized carbons (Fsp3) is 0.786. The molecular weight excluding hydrogens is 345 g/mol. The van der Waals surface area contributed by atoms with E-state index >= 15 is 0 Å². The van der Waals surface area contributed by atoms with Crippen LogP contribution < -0.4 is 5.32 Å². The number of amides is 2. The third-order valence-corrected chi connectivity index (χ3v) is 4.91. The Morgan fingerprint density at radius 3 is 2.56 bits per heavy atom. The molecule has 1 N–H and O–H groups in total. The minimum atomic E-state index is -5.22. The highest BCUT2D eigenvalue weighted by molar-refractivity contribution is 5.91. The molecule has 0 bridgehead atoms. The van der Waals surface area contributed by atoms with Gasteiger partial charge in [0.25, 0.3) is 0 Å². The molecule has 0 aromatic rings. The molecular formula is C14H19F3N4O4. The average Bonchev–Trinajstić information content (AvgIpc) is 3.07. The highest BCUT2D eigenvalue weighted by Gasteiger charge is 2.48. The van der Waals surface area contributed by atoms with Crippen molar-refractivity contribution >= 4 is 18.0 Å². The van der Waals surface area contributed by atoms with Crippen molar-refractivity contribution in [1.29, 1.82) is 0 Å². The van der Waals surface area contributed by atoms with Crippen LogP contribution in [0.5, 0.6) is 0 Å². The molecule has 25 heavy (non-hydrogen) atoms. The second kappa shape index (κ2) is 6.45. The van der Waals surface area contributed by atoms with Gasteiger partial charge in [0.2, 0.25) is 0 Å². The van der Waals surface area contributed by atoms with E-state index in [2.05, 4.69) is 10.1 Å². The zero-order valence-corrected chi connectivity index (χ0v) is 13.6. The predicted molar refractivity (Wildman–Crippen MR) is 77.4 cm³/mol. The lowest BCUT2D eigenvalue weighted by atomic mass is 10.1. The molecule has 3 aliphatic heterocycles. The first-order valence-electron chi connectivity index (χ1n) is 7.99. The van der Waals surface area contributed by atoms with E-state index in [1.165, 1.54) is 4.90 Å². The lowest BCUT2D eigenvalue weighted by Gasteiger charge is -2.28. The fourth-order valence-electron chi connectivity index (χ4n) is 3.64. The van der Waals surface area contributed by atoms with E-state index in [1.807, 2.05) is 0 Å². The molecule has 3 atom stereocenters. The molecule has 0 aliphatic carbocycles. The summed E-state index contributed by atoms with van der Waals surface area (Å²) in [4.78, 5) is 40.2. The Bertz CT molecular complexity index is 585. The molecule has 2 amide bonds. The molecule has 0 saturated carbocycles. The number of nitrogens with one attached hydrogen (secondary N) is 1. The van der Waals surface area contributed by atoms with Gasteiger partial charge in [-0.25, -0.2) is 14.4 Å². The van der Waals surface area contributed by atoms with E-state index in [9.17, 15) is 27.6 Å². The number of halogens is 3. The number of nitrogens with zero attached hydrogens (tertiary/aromatic N) is 3. The summed E-state index contributed by atoms with van der Waals surface area (Å²) in [6, 6.07) is -1.35. The van der Waals surface area contributed by atoms with Crippen LogP contribution in [-0.4, -0.2) is 96.7 Å². The van der Waals surface area contributed by atoms with Gasteiger partial charge in [-0.3, -0.25) is 4.90 Å². The Hall–Kier alpha value is -1.88. The maximum absolute atomic E-state index is 12.5. The smallest absolute Gasteiger partial charge is 0.385 e. The number of esters is 2. The van der Waals surface area contributed by atoms with Crippen LogP contribution in [-0.2, 0) is 14.3 Å². The van der Waals surface area contributed by atoms with Crippen molar-refractivity contribution in [2.24, 2.45) is 0 Å². The van der Waals surface area contributed by atoms with Crippen LogP contribution in [0.4, 0.5) is 18.0 Å². The summed E-state index contributed by atoms with van der Waals surface area (Å²) in [6.45, 7) is 2.85. The molecule has 3 fully saturated rings. The number of alkyl halides is 3. The molecule has 3 rings (SSSR count). The predicted octanol–water partition coefficient (Wildman–Crippen LogP) is -0.599. The molecule has 0 radical (unpaired) electrons. The SMILES string of the molecule is CN1CC(N2C[C@@H]3CNCCN3C2=O)CC1C(=O)OC(=O)C(F)(F)F. The Labute approximate surface area is 141 Å². The van der Waals surface area contributed by atoms with E-state index in [4.69, 9.17) is 0 Å². The number of urea groups is 1. The zero-order chi connectivity index (χ0) is 18.4. The molecule has 11 heteroatoms. The fourth-order valence-corrected chi connectivity index (χ4v) is 3.64. The van der Waals surface area contributed by atoms with Crippen molar-refractivity contribution in [2.45, 2.75) is 30.7 Å². The number of hydrogen-bond acceptors (Lipinski definition) is 6. The highest BCUT2D eigenvalue weighted by Crippen LogP contribution is 2.28. The monoisotopic (exact) mass is 364 g/mol. The molecule has 140 valence electrons. The first-order valence-corrected chi connectivity index (χ1v) is 7.99. The van der Waals surface area contributed by atoms with Crippen LogP contribution in [0, 0.1) is 0 Å². The molecule has 2 unspecified atom stereocenters. The second-order valence-electron chi connectivity index (χ2n) is 6.54. The number of likely N-dealkylation sites (N-methyl/N-ethyl adjacent to an activating group) is 1. The van der Waals surface area contributed by atoms with E-state index in [-0.39, 0.29) is 24.5 Å². The highest BCUT2D eigenvalue weighted by atomic mass is 19.4. The number of rotatable bonds is 2. The van der Waals surface area contributed by atoms with Crippen LogP contribution in [0.25, 0.3) is 0 Å². The van der Waals surface area contributed by atoms with E-state index < -0.39 is 24.2 Å². The molecule has 0 aromatic heterocycles. The number of likely N-dealkylation sites (tertiary alicyclic amines) is 1. The summed E-state index contributed by atoms with van der Waals surface area (Å²) >= 11 is 0. The second-order valence-corrected chi connectivity index (χ2v) is 6.54. The summed E-state index contributed by atoms with van der Waals surface area (Å²) < 4.78 is 40.6. The van der Waals surface area contributed by atoms with Crippen LogP contribution in [0.1, 0.15) is 6.42 Å².